The monoisotopic (exact) mass is 170 g/mol. The topological polar surface area (TPSA) is 13.1 Å². The van der Waals surface area contributed by atoms with Crippen molar-refractivity contribution in [2.75, 3.05) is 0 Å². The minimum atomic E-state index is 0. The molecular formula is C5H5OY-. The standard InChI is InChI=1S/C5H5O.Y/c1-5-2-3-6-4-5;/h2-3H,1H3;/q-1;. The summed E-state index contributed by atoms with van der Waals surface area (Å²) in [5.41, 5.74) is 1.05. The van der Waals surface area contributed by atoms with Gasteiger partial charge in [0.25, 0.3) is 0 Å². The predicted octanol–water partition coefficient (Wildman–Crippen LogP) is 1.39. The van der Waals surface area contributed by atoms with Crippen LogP contribution in [0, 0.1) is 13.2 Å². The largest absolute Gasteiger partial charge is 0.599 e. The molecule has 7 heavy (non-hydrogen) atoms. The van der Waals surface area contributed by atoms with Crippen LogP contribution in [-0.2, 0) is 32.7 Å². The predicted molar refractivity (Wildman–Crippen MR) is 22.3 cm³/mol. The molecular weight excluding hydrogens is 165 g/mol. The van der Waals surface area contributed by atoms with Crippen molar-refractivity contribution in [1.29, 1.82) is 0 Å². The Morgan fingerprint density at radius 2 is 2.43 bits per heavy atom. The van der Waals surface area contributed by atoms with E-state index in [1.165, 1.54) is 0 Å². The first kappa shape index (κ1) is 7.38. The van der Waals surface area contributed by atoms with Gasteiger partial charge in [0.2, 0.25) is 0 Å². The second-order valence-corrected chi connectivity index (χ2v) is 1.21. The third-order valence-corrected chi connectivity index (χ3v) is 0.606. The second kappa shape index (κ2) is 3.39. The Morgan fingerprint density at radius 3 is 2.57 bits per heavy atom. The molecule has 0 N–H and O–H groups in total. The van der Waals surface area contributed by atoms with Crippen LogP contribution in [0.5, 0.6) is 0 Å². The molecule has 0 saturated heterocycles. The average Bonchev–Trinajstić information content (AvgIpc) is 1.86. The quantitative estimate of drug-likeness (QED) is 0.536. The van der Waals surface area contributed by atoms with Gasteiger partial charge in [-0.3, -0.25) is 0 Å². The number of hydrogen-bond acceptors (Lipinski definition) is 1. The number of furan rings is 1. The van der Waals surface area contributed by atoms with Crippen LogP contribution in [0.3, 0.4) is 0 Å². The Labute approximate surface area is 68.0 Å². The Bertz CT molecular complexity index is 112. The maximum absolute atomic E-state index is 4.59. The maximum atomic E-state index is 4.59. The zero-order chi connectivity index (χ0) is 4.41. The third-order valence-electron chi connectivity index (χ3n) is 0.606. The first-order valence-corrected chi connectivity index (χ1v) is 1.81. The van der Waals surface area contributed by atoms with Crippen molar-refractivity contribution >= 4 is 0 Å². The van der Waals surface area contributed by atoms with E-state index in [9.17, 15) is 0 Å². The molecule has 2 heteroatoms. The molecule has 0 aliphatic carbocycles. The van der Waals surface area contributed by atoms with Crippen molar-refractivity contribution < 1.29 is 37.1 Å². The van der Waals surface area contributed by atoms with Gasteiger partial charge < -0.3 is 4.42 Å². The van der Waals surface area contributed by atoms with Crippen LogP contribution in [-0.4, -0.2) is 0 Å². The molecule has 35 valence electrons. The van der Waals surface area contributed by atoms with Gasteiger partial charge >= 0.3 is 0 Å². The van der Waals surface area contributed by atoms with Crippen LogP contribution < -0.4 is 0 Å². The van der Waals surface area contributed by atoms with E-state index < -0.39 is 0 Å². The van der Waals surface area contributed by atoms with E-state index in [2.05, 4.69) is 10.7 Å². The van der Waals surface area contributed by atoms with Gasteiger partial charge in [-0.2, -0.15) is 6.07 Å². The molecule has 0 aliphatic rings. The molecule has 0 amide bonds. The van der Waals surface area contributed by atoms with E-state index in [-0.39, 0.29) is 32.7 Å². The fourth-order valence-corrected chi connectivity index (χ4v) is 0.297. The van der Waals surface area contributed by atoms with Gasteiger partial charge in [-0.15, -0.1) is 5.56 Å². The van der Waals surface area contributed by atoms with Crippen molar-refractivity contribution in [2.45, 2.75) is 6.92 Å². The zero-order valence-electron chi connectivity index (χ0n) is 4.14. The Kier molecular flexibility index (Phi) is 3.58. The second-order valence-electron chi connectivity index (χ2n) is 1.21. The van der Waals surface area contributed by atoms with Crippen LogP contribution in [0.2, 0.25) is 0 Å². The van der Waals surface area contributed by atoms with E-state index in [0.717, 1.165) is 5.56 Å². The van der Waals surface area contributed by atoms with E-state index in [0.29, 0.717) is 0 Å². The van der Waals surface area contributed by atoms with Crippen molar-refractivity contribution in [2.24, 2.45) is 0 Å². The van der Waals surface area contributed by atoms with E-state index >= 15 is 0 Å². The van der Waals surface area contributed by atoms with Crippen LogP contribution in [0.4, 0.5) is 0 Å². The van der Waals surface area contributed by atoms with Crippen molar-refractivity contribution in [3.63, 3.8) is 0 Å². The average molecular weight is 170 g/mol. The number of hydrogen-bond donors (Lipinski definition) is 0. The molecule has 1 heterocycles. The van der Waals surface area contributed by atoms with Gasteiger partial charge in [0.15, 0.2) is 0 Å². The van der Waals surface area contributed by atoms with Crippen molar-refractivity contribution in [3.05, 3.63) is 24.2 Å². The first-order chi connectivity index (χ1) is 2.89. The van der Waals surface area contributed by atoms with Crippen LogP contribution in [0.15, 0.2) is 16.7 Å². The molecule has 1 aromatic rings. The minimum Gasteiger partial charge on any atom is -0.599 e. The molecule has 0 saturated carbocycles. The summed E-state index contributed by atoms with van der Waals surface area (Å²) < 4.78 is 4.59. The van der Waals surface area contributed by atoms with E-state index in [1.54, 1.807) is 6.26 Å². The van der Waals surface area contributed by atoms with Gasteiger partial charge in [-0.1, -0.05) is 13.2 Å². The maximum Gasteiger partial charge on any atom is 0 e. The first-order valence-electron chi connectivity index (χ1n) is 1.81. The van der Waals surface area contributed by atoms with Gasteiger partial charge in [0.05, 0.1) is 0 Å². The summed E-state index contributed by atoms with van der Waals surface area (Å²) in [5.74, 6) is 0. The normalized spacial score (nSPS) is 7.57. The summed E-state index contributed by atoms with van der Waals surface area (Å²) in [6.45, 7) is 1.93. The van der Waals surface area contributed by atoms with Crippen LogP contribution in [0.25, 0.3) is 0 Å². The van der Waals surface area contributed by atoms with E-state index in [1.807, 2.05) is 13.0 Å². The fraction of sp³-hybridized carbons (Fsp3) is 0.200. The van der Waals surface area contributed by atoms with Crippen LogP contribution >= 0.6 is 0 Å². The molecule has 0 unspecified atom stereocenters. The Hall–Kier alpha value is 0.384. The Balaban J connectivity index is 0.000000360. The molecule has 1 nitrogen and oxygen atoms in total. The summed E-state index contributed by atoms with van der Waals surface area (Å²) in [5, 5.41) is 0. The molecule has 0 bridgehead atoms. The summed E-state index contributed by atoms with van der Waals surface area (Å²) in [4.78, 5) is 0. The minimum absolute atomic E-state index is 0. The third kappa shape index (κ3) is 2.25. The summed E-state index contributed by atoms with van der Waals surface area (Å²) in [7, 11) is 0. The summed E-state index contributed by atoms with van der Waals surface area (Å²) in [6, 6.07) is 1.86. The van der Waals surface area contributed by atoms with Crippen LogP contribution in [0.1, 0.15) is 5.56 Å². The number of rotatable bonds is 0. The zero-order valence-corrected chi connectivity index (χ0v) is 6.98. The molecule has 0 fully saturated rings. The smallest absolute Gasteiger partial charge is 0 e. The number of aryl methyl sites for hydroxylation is 1. The van der Waals surface area contributed by atoms with Gasteiger partial charge in [-0.05, 0) is 6.26 Å². The van der Waals surface area contributed by atoms with Crippen molar-refractivity contribution in [3.8, 4) is 0 Å². The van der Waals surface area contributed by atoms with Gasteiger partial charge in [0.1, 0.15) is 0 Å². The fourth-order valence-electron chi connectivity index (χ4n) is 0.297. The molecule has 1 rings (SSSR count). The van der Waals surface area contributed by atoms with E-state index in [4.69, 9.17) is 0 Å². The molecule has 1 radical (unpaired) electrons. The Morgan fingerprint density at radius 1 is 1.71 bits per heavy atom. The molecule has 0 aliphatic heterocycles. The summed E-state index contributed by atoms with van der Waals surface area (Å²) in [6.07, 6.45) is 4.23. The molecule has 0 spiro atoms. The molecule has 1 aromatic heterocycles. The summed E-state index contributed by atoms with van der Waals surface area (Å²) >= 11 is 0. The SMILES string of the molecule is Cc1[c-]occ1.[Y]. The van der Waals surface area contributed by atoms with Gasteiger partial charge in [-0.25, -0.2) is 0 Å². The molecule has 0 aromatic carbocycles. The van der Waals surface area contributed by atoms with Gasteiger partial charge in [0, 0.05) is 32.7 Å². The molecule has 0 atom stereocenters. The van der Waals surface area contributed by atoms with Crippen molar-refractivity contribution in [1.82, 2.24) is 0 Å².